The number of primary amides is 1. The van der Waals surface area contributed by atoms with E-state index >= 15 is 0 Å². The highest BCUT2D eigenvalue weighted by Gasteiger charge is 2.19. The SMILES string of the molecule is NC(=O)[C@@H](Cc1ccccc1)NC(=O)c1cccs1. The fraction of sp³-hybridized carbons (Fsp3) is 0.143. The molecule has 3 N–H and O–H groups in total. The first-order valence-corrected chi connectivity index (χ1v) is 6.72. The highest BCUT2D eigenvalue weighted by atomic mass is 32.1. The molecule has 0 radical (unpaired) electrons. The van der Waals surface area contributed by atoms with Crippen LogP contribution in [0.25, 0.3) is 0 Å². The lowest BCUT2D eigenvalue weighted by Crippen LogP contribution is -2.45. The predicted octanol–water partition coefficient (Wildman–Crippen LogP) is 1.57. The molecule has 0 aliphatic carbocycles. The Morgan fingerprint density at radius 1 is 1.16 bits per heavy atom. The van der Waals surface area contributed by atoms with Crippen molar-refractivity contribution in [1.82, 2.24) is 5.32 Å². The van der Waals surface area contributed by atoms with E-state index < -0.39 is 11.9 Å². The zero-order valence-corrected chi connectivity index (χ0v) is 11.0. The quantitative estimate of drug-likeness (QED) is 0.868. The molecular weight excluding hydrogens is 260 g/mol. The number of carbonyl (C=O) groups is 2. The highest BCUT2D eigenvalue weighted by Crippen LogP contribution is 2.09. The maximum Gasteiger partial charge on any atom is 0.262 e. The van der Waals surface area contributed by atoms with Crippen LogP contribution in [0, 0.1) is 0 Å². The lowest BCUT2D eigenvalue weighted by Gasteiger charge is -2.15. The molecule has 1 aromatic carbocycles. The monoisotopic (exact) mass is 274 g/mol. The molecule has 0 fully saturated rings. The topological polar surface area (TPSA) is 72.2 Å². The molecular formula is C14H14N2O2S. The summed E-state index contributed by atoms with van der Waals surface area (Å²) >= 11 is 1.33. The van der Waals surface area contributed by atoms with Crippen molar-refractivity contribution >= 4 is 23.2 Å². The van der Waals surface area contributed by atoms with Crippen molar-refractivity contribution in [1.29, 1.82) is 0 Å². The van der Waals surface area contributed by atoms with Crippen molar-refractivity contribution in [2.24, 2.45) is 5.73 Å². The van der Waals surface area contributed by atoms with Gasteiger partial charge in [-0.25, -0.2) is 0 Å². The fourth-order valence-electron chi connectivity index (χ4n) is 1.71. The van der Waals surface area contributed by atoms with E-state index in [1.165, 1.54) is 11.3 Å². The van der Waals surface area contributed by atoms with E-state index in [4.69, 9.17) is 5.73 Å². The third kappa shape index (κ3) is 3.66. The van der Waals surface area contributed by atoms with Crippen molar-refractivity contribution in [2.45, 2.75) is 12.5 Å². The number of hydrogen-bond acceptors (Lipinski definition) is 3. The Labute approximate surface area is 115 Å². The zero-order valence-electron chi connectivity index (χ0n) is 10.2. The molecule has 5 heteroatoms. The number of nitrogens with one attached hydrogen (secondary N) is 1. The average Bonchev–Trinajstić information content (AvgIpc) is 2.93. The summed E-state index contributed by atoms with van der Waals surface area (Å²) in [7, 11) is 0. The first kappa shape index (κ1) is 13.3. The lowest BCUT2D eigenvalue weighted by molar-refractivity contribution is -0.119. The molecule has 19 heavy (non-hydrogen) atoms. The van der Waals surface area contributed by atoms with Crippen LogP contribution in [0.2, 0.25) is 0 Å². The maximum atomic E-state index is 11.9. The van der Waals surface area contributed by atoms with Crippen LogP contribution >= 0.6 is 11.3 Å². The van der Waals surface area contributed by atoms with Gasteiger partial charge in [0.1, 0.15) is 6.04 Å². The number of benzene rings is 1. The van der Waals surface area contributed by atoms with Gasteiger partial charge in [-0.2, -0.15) is 0 Å². The number of thiophene rings is 1. The molecule has 1 atom stereocenters. The smallest absolute Gasteiger partial charge is 0.262 e. The van der Waals surface area contributed by atoms with Crippen molar-refractivity contribution < 1.29 is 9.59 Å². The van der Waals surface area contributed by atoms with Gasteiger partial charge in [-0.1, -0.05) is 36.4 Å². The Morgan fingerprint density at radius 2 is 1.89 bits per heavy atom. The minimum absolute atomic E-state index is 0.269. The molecule has 1 aromatic heterocycles. The van der Waals surface area contributed by atoms with E-state index in [9.17, 15) is 9.59 Å². The summed E-state index contributed by atoms with van der Waals surface area (Å²) in [5.74, 6) is -0.802. The molecule has 2 amide bonds. The lowest BCUT2D eigenvalue weighted by atomic mass is 10.1. The Hall–Kier alpha value is -2.14. The van der Waals surface area contributed by atoms with Crippen LogP contribution < -0.4 is 11.1 Å². The van der Waals surface area contributed by atoms with Gasteiger partial charge in [-0.15, -0.1) is 11.3 Å². The Kier molecular flexibility index (Phi) is 4.30. The molecule has 1 heterocycles. The number of rotatable bonds is 5. The summed E-state index contributed by atoms with van der Waals surface area (Å²) in [5, 5.41) is 4.48. The Balaban J connectivity index is 2.05. The van der Waals surface area contributed by atoms with Crippen molar-refractivity contribution in [2.75, 3.05) is 0 Å². The van der Waals surface area contributed by atoms with Crippen molar-refractivity contribution in [3.8, 4) is 0 Å². The summed E-state index contributed by atoms with van der Waals surface area (Å²) in [4.78, 5) is 23.9. The molecule has 98 valence electrons. The Morgan fingerprint density at radius 3 is 2.47 bits per heavy atom. The molecule has 0 aliphatic rings. The van der Waals surface area contributed by atoms with E-state index in [-0.39, 0.29) is 5.91 Å². The van der Waals surface area contributed by atoms with Gasteiger partial charge >= 0.3 is 0 Å². The summed E-state index contributed by atoms with van der Waals surface area (Å²) < 4.78 is 0. The van der Waals surface area contributed by atoms with Crippen LogP contribution in [0.4, 0.5) is 0 Å². The molecule has 0 aliphatic heterocycles. The Bertz CT molecular complexity index is 552. The van der Waals surface area contributed by atoms with Gasteiger partial charge in [-0.05, 0) is 17.0 Å². The van der Waals surface area contributed by atoms with Crippen molar-refractivity contribution in [3.63, 3.8) is 0 Å². The second-order valence-corrected chi connectivity index (χ2v) is 5.04. The predicted molar refractivity (Wildman–Crippen MR) is 74.9 cm³/mol. The standard InChI is InChI=1S/C14H14N2O2S/c15-13(17)11(9-10-5-2-1-3-6-10)16-14(18)12-7-4-8-19-12/h1-8,11H,9H2,(H2,15,17)(H,16,18)/t11-/m1/s1. The van der Waals surface area contributed by atoms with Crippen LogP contribution in [0.5, 0.6) is 0 Å². The van der Waals surface area contributed by atoms with Crippen molar-refractivity contribution in [3.05, 3.63) is 58.3 Å². The van der Waals surface area contributed by atoms with Gasteiger partial charge in [-0.3, -0.25) is 9.59 Å². The normalized spacial score (nSPS) is 11.8. The second kappa shape index (κ2) is 6.15. The maximum absolute atomic E-state index is 11.9. The van der Waals surface area contributed by atoms with Crippen LogP contribution in [-0.4, -0.2) is 17.9 Å². The van der Waals surface area contributed by atoms with E-state index in [1.807, 2.05) is 35.7 Å². The summed E-state index contributed by atoms with van der Waals surface area (Å²) in [6.45, 7) is 0. The minimum atomic E-state index is -0.697. The first-order chi connectivity index (χ1) is 9.16. The van der Waals surface area contributed by atoms with Gasteiger partial charge < -0.3 is 11.1 Å². The minimum Gasteiger partial charge on any atom is -0.368 e. The summed E-state index contributed by atoms with van der Waals surface area (Å²) in [6, 6.07) is 12.3. The van der Waals surface area contributed by atoms with Gasteiger partial charge in [0.15, 0.2) is 0 Å². The fourth-order valence-corrected chi connectivity index (χ4v) is 2.34. The highest BCUT2D eigenvalue weighted by molar-refractivity contribution is 7.12. The van der Waals surface area contributed by atoms with Gasteiger partial charge in [0, 0.05) is 6.42 Å². The molecule has 0 bridgehead atoms. The first-order valence-electron chi connectivity index (χ1n) is 5.84. The number of nitrogens with two attached hydrogens (primary N) is 1. The third-order valence-corrected chi connectivity index (χ3v) is 3.55. The average molecular weight is 274 g/mol. The second-order valence-electron chi connectivity index (χ2n) is 4.10. The number of amides is 2. The van der Waals surface area contributed by atoms with E-state index in [0.29, 0.717) is 11.3 Å². The molecule has 0 unspecified atom stereocenters. The molecule has 0 saturated carbocycles. The molecule has 0 saturated heterocycles. The van der Waals surface area contributed by atoms with Gasteiger partial charge in [0.05, 0.1) is 4.88 Å². The molecule has 2 aromatic rings. The van der Waals surface area contributed by atoms with E-state index in [0.717, 1.165) is 5.56 Å². The summed E-state index contributed by atoms with van der Waals surface area (Å²) in [6.07, 6.45) is 0.396. The molecule has 4 nitrogen and oxygen atoms in total. The van der Waals surface area contributed by atoms with Crippen LogP contribution in [0.3, 0.4) is 0 Å². The zero-order chi connectivity index (χ0) is 13.7. The number of hydrogen-bond donors (Lipinski definition) is 2. The van der Waals surface area contributed by atoms with Crippen LogP contribution in [-0.2, 0) is 11.2 Å². The number of carbonyl (C=O) groups excluding carboxylic acids is 2. The largest absolute Gasteiger partial charge is 0.368 e. The van der Waals surface area contributed by atoms with Crippen LogP contribution in [0.1, 0.15) is 15.2 Å². The van der Waals surface area contributed by atoms with Crippen LogP contribution in [0.15, 0.2) is 47.8 Å². The van der Waals surface area contributed by atoms with Gasteiger partial charge in [0.2, 0.25) is 5.91 Å². The van der Waals surface area contributed by atoms with E-state index in [2.05, 4.69) is 5.32 Å². The third-order valence-electron chi connectivity index (χ3n) is 2.68. The van der Waals surface area contributed by atoms with E-state index in [1.54, 1.807) is 12.1 Å². The molecule has 2 rings (SSSR count). The summed E-state index contributed by atoms with van der Waals surface area (Å²) in [5.41, 5.74) is 6.29. The molecule has 0 spiro atoms. The van der Waals surface area contributed by atoms with Gasteiger partial charge in [0.25, 0.3) is 5.91 Å².